The van der Waals surface area contributed by atoms with E-state index >= 15 is 0 Å². The predicted octanol–water partition coefficient (Wildman–Crippen LogP) is 5.36. The molecule has 200 valence electrons. The van der Waals surface area contributed by atoms with Crippen molar-refractivity contribution in [1.29, 1.82) is 0 Å². The quantitative estimate of drug-likeness (QED) is 0.455. The van der Waals surface area contributed by atoms with E-state index in [1.54, 1.807) is 40.7 Å². The standard InChI is InChI=1S/C30H34ClN3O3S/c1-27(2)25(24(35)15-28-12-21(13-28)14-28)32-26(33-27)29-17-30(18-29,19-29)34(16-20-8-10-22(31)11-9-20)38(36,37)23-6-4-3-5-7-23/h3-11,21,25H,12-19H2,1-2H3,(H,32,33)/t21?,25-,28?,29?,30?/m0/s1. The zero-order valence-corrected chi connectivity index (χ0v) is 23.5. The lowest BCUT2D eigenvalue weighted by molar-refractivity contribution is -0.151. The molecule has 6 saturated carbocycles. The van der Waals surface area contributed by atoms with Crippen molar-refractivity contribution in [3.05, 3.63) is 65.2 Å². The molecule has 0 radical (unpaired) electrons. The molecule has 1 N–H and O–H groups in total. The van der Waals surface area contributed by atoms with Crippen LogP contribution in [0.4, 0.5) is 0 Å². The number of hydrogen-bond donors (Lipinski definition) is 1. The first-order valence-electron chi connectivity index (χ1n) is 13.7. The third kappa shape index (κ3) is 3.57. The van der Waals surface area contributed by atoms with E-state index in [9.17, 15) is 13.2 Å². The molecule has 4 bridgehead atoms. The van der Waals surface area contributed by atoms with Gasteiger partial charge in [0.05, 0.1) is 10.4 Å². The number of benzene rings is 2. The highest BCUT2D eigenvalue weighted by atomic mass is 35.5. The van der Waals surface area contributed by atoms with Gasteiger partial charge in [0.15, 0.2) is 5.78 Å². The Balaban J connectivity index is 1.13. The van der Waals surface area contributed by atoms with Crippen molar-refractivity contribution in [2.75, 3.05) is 0 Å². The second kappa shape index (κ2) is 7.92. The van der Waals surface area contributed by atoms with Crippen LogP contribution in [0.15, 0.2) is 64.5 Å². The van der Waals surface area contributed by atoms with Crippen LogP contribution in [0.2, 0.25) is 5.02 Å². The van der Waals surface area contributed by atoms with Crippen molar-refractivity contribution in [2.45, 2.75) is 87.4 Å². The number of hydrogen-bond acceptors (Lipinski definition) is 5. The van der Waals surface area contributed by atoms with Crippen LogP contribution in [0.3, 0.4) is 0 Å². The third-order valence-corrected chi connectivity index (χ3v) is 12.2. The molecular weight excluding hydrogens is 518 g/mol. The maximum Gasteiger partial charge on any atom is 0.243 e. The first-order valence-corrected chi connectivity index (χ1v) is 15.5. The number of Topliss-reactive ketones (excluding diaryl/α,β-unsaturated/α-hetero) is 1. The lowest BCUT2D eigenvalue weighted by Gasteiger charge is -2.73. The molecule has 38 heavy (non-hydrogen) atoms. The molecule has 0 aromatic heterocycles. The van der Waals surface area contributed by atoms with Gasteiger partial charge in [-0.3, -0.25) is 9.79 Å². The van der Waals surface area contributed by atoms with Gasteiger partial charge in [0.25, 0.3) is 0 Å². The Labute approximate surface area is 229 Å². The van der Waals surface area contributed by atoms with Gasteiger partial charge in [0.1, 0.15) is 11.9 Å². The highest BCUT2D eigenvalue weighted by Gasteiger charge is 2.75. The number of halogens is 1. The lowest BCUT2D eigenvalue weighted by Crippen LogP contribution is -2.78. The van der Waals surface area contributed by atoms with E-state index in [0.717, 1.165) is 17.3 Å². The van der Waals surface area contributed by atoms with Crippen molar-refractivity contribution < 1.29 is 13.2 Å². The van der Waals surface area contributed by atoms with Gasteiger partial charge in [-0.1, -0.05) is 41.9 Å². The summed E-state index contributed by atoms with van der Waals surface area (Å²) in [4.78, 5) is 18.6. The number of rotatable bonds is 9. The second-order valence-corrected chi connectivity index (χ2v) is 15.6. The van der Waals surface area contributed by atoms with Crippen molar-refractivity contribution in [1.82, 2.24) is 9.62 Å². The van der Waals surface area contributed by atoms with Gasteiger partial charge in [-0.15, -0.1) is 0 Å². The highest BCUT2D eigenvalue weighted by Crippen LogP contribution is 2.72. The SMILES string of the molecule is CC1(C)NC(C23CC(N(Cc4ccc(Cl)cc4)S(=O)(=O)c4ccccc4)(C2)C3)=N[C@H]1C(=O)CC12CC(C1)C2. The summed E-state index contributed by atoms with van der Waals surface area (Å²) in [6.45, 7) is 4.43. The number of aliphatic imine (C=N–C) groups is 1. The Morgan fingerprint density at radius 3 is 2.24 bits per heavy atom. The monoisotopic (exact) mass is 551 g/mol. The summed E-state index contributed by atoms with van der Waals surface area (Å²) in [7, 11) is -3.71. The minimum absolute atomic E-state index is 0.174. The van der Waals surface area contributed by atoms with Crippen LogP contribution in [-0.2, 0) is 21.4 Å². The molecular formula is C30H34ClN3O3S. The number of ketones is 1. The Morgan fingerprint density at radius 1 is 1.03 bits per heavy atom. The van der Waals surface area contributed by atoms with Crippen LogP contribution in [-0.4, -0.2) is 41.5 Å². The maximum absolute atomic E-state index is 13.9. The van der Waals surface area contributed by atoms with Gasteiger partial charge >= 0.3 is 0 Å². The summed E-state index contributed by atoms with van der Waals surface area (Å²) >= 11 is 6.09. The number of carbonyl (C=O) groups is 1. The van der Waals surface area contributed by atoms with E-state index in [1.165, 1.54) is 19.3 Å². The molecule has 2 aromatic rings. The summed E-state index contributed by atoms with van der Waals surface area (Å²) in [5, 5.41) is 4.23. The molecule has 0 spiro atoms. The highest BCUT2D eigenvalue weighted by molar-refractivity contribution is 7.89. The van der Waals surface area contributed by atoms with Crippen molar-refractivity contribution in [3.63, 3.8) is 0 Å². The minimum Gasteiger partial charge on any atom is -0.366 e. The third-order valence-electron chi connectivity index (χ3n) is 10.0. The number of amidine groups is 1. The number of sulfonamides is 1. The lowest BCUT2D eigenvalue weighted by atomic mass is 9.38. The average molecular weight is 552 g/mol. The normalized spacial score (nSPS) is 35.7. The summed E-state index contributed by atoms with van der Waals surface area (Å²) in [6.07, 6.45) is 6.43. The summed E-state index contributed by atoms with van der Waals surface area (Å²) in [5.74, 6) is 2.02. The van der Waals surface area contributed by atoms with Gasteiger partial charge in [-0.25, -0.2) is 8.42 Å². The van der Waals surface area contributed by atoms with Crippen molar-refractivity contribution >= 4 is 33.2 Å². The molecule has 1 heterocycles. The second-order valence-electron chi connectivity index (χ2n) is 13.3. The van der Waals surface area contributed by atoms with E-state index < -0.39 is 21.1 Å². The summed E-state index contributed by atoms with van der Waals surface area (Å²) < 4.78 is 29.5. The molecule has 6 nitrogen and oxygen atoms in total. The van der Waals surface area contributed by atoms with Crippen LogP contribution in [0, 0.1) is 16.7 Å². The summed E-state index contributed by atoms with van der Waals surface area (Å²) in [5.41, 5.74) is 0.135. The molecule has 8 heteroatoms. The fourth-order valence-corrected chi connectivity index (χ4v) is 9.92. The average Bonchev–Trinajstić information content (AvgIpc) is 3.09. The number of nitrogens with zero attached hydrogens (tertiary/aromatic N) is 2. The van der Waals surface area contributed by atoms with Crippen LogP contribution in [0.25, 0.3) is 0 Å². The van der Waals surface area contributed by atoms with Crippen LogP contribution in [0.1, 0.15) is 64.4 Å². The fourth-order valence-electron chi connectivity index (χ4n) is 8.01. The van der Waals surface area contributed by atoms with Gasteiger partial charge < -0.3 is 5.32 Å². The Bertz CT molecular complexity index is 1410. The Hall–Kier alpha value is -2.22. The zero-order chi connectivity index (χ0) is 26.6. The van der Waals surface area contributed by atoms with Crippen LogP contribution < -0.4 is 5.32 Å². The first-order chi connectivity index (χ1) is 17.9. The molecule has 6 aliphatic carbocycles. The van der Waals surface area contributed by atoms with E-state index in [-0.39, 0.29) is 22.7 Å². The van der Waals surface area contributed by atoms with Gasteiger partial charge in [0.2, 0.25) is 10.0 Å². The molecule has 6 fully saturated rings. The van der Waals surface area contributed by atoms with Crippen LogP contribution in [0.5, 0.6) is 0 Å². The molecule has 0 unspecified atom stereocenters. The largest absolute Gasteiger partial charge is 0.366 e. The molecule has 7 aliphatic rings. The van der Waals surface area contributed by atoms with Gasteiger partial charge in [-0.05, 0) is 93.5 Å². The van der Waals surface area contributed by atoms with Crippen molar-refractivity contribution in [3.8, 4) is 0 Å². The molecule has 1 atom stereocenters. The minimum atomic E-state index is -3.71. The smallest absolute Gasteiger partial charge is 0.243 e. The number of nitrogens with one attached hydrogen (secondary N) is 1. The van der Waals surface area contributed by atoms with Gasteiger partial charge in [-0.2, -0.15) is 4.31 Å². The van der Waals surface area contributed by atoms with Crippen LogP contribution >= 0.6 is 11.6 Å². The first kappa shape index (κ1) is 24.8. The Morgan fingerprint density at radius 2 is 1.66 bits per heavy atom. The van der Waals surface area contributed by atoms with E-state index in [2.05, 4.69) is 19.2 Å². The van der Waals surface area contributed by atoms with E-state index in [1.807, 2.05) is 18.2 Å². The molecule has 0 amide bonds. The maximum atomic E-state index is 13.9. The predicted molar refractivity (Wildman–Crippen MR) is 147 cm³/mol. The molecule has 1 aliphatic heterocycles. The van der Waals surface area contributed by atoms with E-state index in [4.69, 9.17) is 16.6 Å². The molecule has 9 rings (SSSR count). The molecule has 2 aromatic carbocycles. The van der Waals surface area contributed by atoms with Gasteiger partial charge in [0, 0.05) is 28.9 Å². The molecule has 0 saturated heterocycles. The fraction of sp³-hybridized carbons (Fsp3) is 0.533. The zero-order valence-electron chi connectivity index (χ0n) is 21.9. The Kier molecular flexibility index (Phi) is 5.17. The van der Waals surface area contributed by atoms with Crippen molar-refractivity contribution in [2.24, 2.45) is 21.7 Å². The number of carbonyl (C=O) groups excluding carboxylic acids is 1. The summed E-state index contributed by atoms with van der Waals surface area (Å²) in [6, 6.07) is 15.7. The van der Waals surface area contributed by atoms with E-state index in [0.29, 0.717) is 42.1 Å². The topological polar surface area (TPSA) is 78.8 Å².